The molecule has 2 N–H and O–H groups in total. The van der Waals surface area contributed by atoms with Gasteiger partial charge in [0.1, 0.15) is 17.2 Å². The van der Waals surface area contributed by atoms with Crippen LogP contribution in [0.3, 0.4) is 0 Å². The average molecular weight is 363 g/mol. The molecule has 7 heteroatoms. The van der Waals surface area contributed by atoms with Gasteiger partial charge in [-0.3, -0.25) is 14.6 Å². The number of rotatable bonds is 5. The van der Waals surface area contributed by atoms with Gasteiger partial charge in [0.05, 0.1) is 7.11 Å². The van der Waals surface area contributed by atoms with Gasteiger partial charge in [0.2, 0.25) is 0 Å². The van der Waals surface area contributed by atoms with E-state index < -0.39 is 11.8 Å². The Labute approximate surface area is 156 Å². The van der Waals surface area contributed by atoms with Gasteiger partial charge < -0.3 is 20.1 Å². The Hall–Kier alpha value is -3.87. The average Bonchev–Trinajstić information content (AvgIpc) is 2.71. The lowest BCUT2D eigenvalue weighted by atomic mass is 10.3. The number of pyridine rings is 1. The third-order valence-corrected chi connectivity index (χ3v) is 3.55. The van der Waals surface area contributed by atoms with Gasteiger partial charge in [-0.05, 0) is 60.7 Å². The molecule has 0 aliphatic rings. The van der Waals surface area contributed by atoms with Crippen LogP contribution in [0.1, 0.15) is 0 Å². The van der Waals surface area contributed by atoms with Crippen molar-refractivity contribution in [3.63, 3.8) is 0 Å². The number of nitrogens with zero attached hydrogens (tertiary/aromatic N) is 1. The third kappa shape index (κ3) is 5.05. The highest BCUT2D eigenvalue weighted by Crippen LogP contribution is 2.22. The lowest BCUT2D eigenvalue weighted by molar-refractivity contribution is -0.132. The fourth-order valence-corrected chi connectivity index (χ4v) is 2.20. The van der Waals surface area contributed by atoms with Crippen LogP contribution >= 0.6 is 0 Å². The number of carbonyl (C=O) groups excluding carboxylic acids is 2. The molecule has 0 saturated heterocycles. The summed E-state index contributed by atoms with van der Waals surface area (Å²) in [5, 5.41) is 5.05. The lowest BCUT2D eigenvalue weighted by Gasteiger charge is -2.09. The maximum Gasteiger partial charge on any atom is 0.314 e. The highest BCUT2D eigenvalue weighted by molar-refractivity contribution is 6.43. The van der Waals surface area contributed by atoms with E-state index in [1.54, 1.807) is 80.2 Å². The minimum atomic E-state index is -0.770. The zero-order chi connectivity index (χ0) is 19.1. The fourth-order valence-electron chi connectivity index (χ4n) is 2.20. The van der Waals surface area contributed by atoms with Gasteiger partial charge in [0.15, 0.2) is 0 Å². The van der Waals surface area contributed by atoms with Crippen LogP contribution in [0.5, 0.6) is 17.2 Å². The minimum absolute atomic E-state index is 0.479. The van der Waals surface area contributed by atoms with Gasteiger partial charge >= 0.3 is 11.8 Å². The number of nitrogens with one attached hydrogen (secondary N) is 2. The van der Waals surface area contributed by atoms with Crippen molar-refractivity contribution < 1.29 is 19.1 Å². The third-order valence-electron chi connectivity index (χ3n) is 3.55. The summed E-state index contributed by atoms with van der Waals surface area (Å²) in [6.45, 7) is 0. The Bertz CT molecular complexity index is 910. The zero-order valence-corrected chi connectivity index (χ0v) is 14.5. The molecular formula is C20H17N3O4. The molecule has 0 aliphatic heterocycles. The molecule has 0 saturated carbocycles. The molecule has 27 heavy (non-hydrogen) atoms. The summed E-state index contributed by atoms with van der Waals surface area (Å²) in [7, 11) is 1.55. The van der Waals surface area contributed by atoms with Gasteiger partial charge in [0, 0.05) is 23.8 Å². The van der Waals surface area contributed by atoms with Crippen molar-refractivity contribution in [3.05, 3.63) is 73.1 Å². The Morgan fingerprint density at radius 1 is 0.704 bits per heavy atom. The molecule has 1 heterocycles. The Kier molecular flexibility index (Phi) is 5.64. The molecule has 0 aliphatic carbocycles. The fraction of sp³-hybridized carbons (Fsp3) is 0.0500. The summed E-state index contributed by atoms with van der Waals surface area (Å²) in [5.41, 5.74) is 0.976. The maximum absolute atomic E-state index is 12.0. The SMILES string of the molecule is COc1ccc(NC(=O)C(=O)Nc2ccc(Oc3ccncc3)cc2)cc1. The summed E-state index contributed by atoms with van der Waals surface area (Å²) in [5.74, 6) is 0.375. The Balaban J connectivity index is 1.55. The molecule has 0 atom stereocenters. The number of aromatic nitrogens is 1. The van der Waals surface area contributed by atoms with Crippen molar-refractivity contribution in [2.45, 2.75) is 0 Å². The lowest BCUT2D eigenvalue weighted by Crippen LogP contribution is -2.29. The van der Waals surface area contributed by atoms with Gasteiger partial charge in [-0.25, -0.2) is 0 Å². The van der Waals surface area contributed by atoms with Crippen molar-refractivity contribution in [2.24, 2.45) is 0 Å². The first kappa shape index (κ1) is 17.9. The van der Waals surface area contributed by atoms with E-state index in [0.29, 0.717) is 28.6 Å². The first-order valence-corrected chi connectivity index (χ1v) is 8.08. The standard InChI is InChI=1S/C20H17N3O4/c1-26-16-6-2-14(3-7-16)22-19(24)20(25)23-15-4-8-17(9-5-15)27-18-10-12-21-13-11-18/h2-13H,1H3,(H,22,24)(H,23,25). The number of amides is 2. The van der Waals surface area contributed by atoms with Crippen molar-refractivity contribution in [2.75, 3.05) is 17.7 Å². The number of hydrogen-bond acceptors (Lipinski definition) is 5. The topological polar surface area (TPSA) is 89.5 Å². The molecule has 2 aromatic carbocycles. The van der Waals surface area contributed by atoms with Crippen molar-refractivity contribution in [1.82, 2.24) is 4.98 Å². The number of benzene rings is 2. The van der Waals surface area contributed by atoms with Gasteiger partial charge in [0.25, 0.3) is 0 Å². The van der Waals surface area contributed by atoms with Crippen LogP contribution in [0.15, 0.2) is 73.1 Å². The second-order valence-electron chi connectivity index (χ2n) is 5.45. The molecule has 3 rings (SSSR count). The zero-order valence-electron chi connectivity index (χ0n) is 14.5. The van der Waals surface area contributed by atoms with Crippen LogP contribution in [0, 0.1) is 0 Å². The normalized spacial score (nSPS) is 9.96. The molecule has 0 radical (unpaired) electrons. The van der Waals surface area contributed by atoms with Crippen molar-refractivity contribution in [1.29, 1.82) is 0 Å². The molecule has 0 spiro atoms. The Morgan fingerprint density at radius 2 is 1.15 bits per heavy atom. The maximum atomic E-state index is 12.0. The predicted octanol–water partition coefficient (Wildman–Crippen LogP) is 3.46. The monoisotopic (exact) mass is 363 g/mol. The van der Waals surface area contributed by atoms with E-state index >= 15 is 0 Å². The van der Waals surface area contributed by atoms with Crippen LogP contribution in [-0.4, -0.2) is 23.9 Å². The van der Waals surface area contributed by atoms with E-state index in [1.165, 1.54) is 0 Å². The summed E-state index contributed by atoms with van der Waals surface area (Å²) < 4.78 is 10.7. The van der Waals surface area contributed by atoms with E-state index in [4.69, 9.17) is 9.47 Å². The number of carbonyl (C=O) groups is 2. The molecular weight excluding hydrogens is 346 g/mol. The summed E-state index contributed by atoms with van der Waals surface area (Å²) in [4.78, 5) is 27.9. The molecule has 0 fully saturated rings. The van der Waals surface area contributed by atoms with Gasteiger partial charge in [-0.2, -0.15) is 0 Å². The number of anilines is 2. The van der Waals surface area contributed by atoms with E-state index in [2.05, 4.69) is 15.6 Å². The molecule has 0 bridgehead atoms. The minimum Gasteiger partial charge on any atom is -0.497 e. The quantitative estimate of drug-likeness (QED) is 0.678. The molecule has 0 unspecified atom stereocenters. The Morgan fingerprint density at radius 3 is 1.63 bits per heavy atom. The first-order valence-electron chi connectivity index (χ1n) is 8.08. The largest absolute Gasteiger partial charge is 0.497 e. The van der Waals surface area contributed by atoms with E-state index in [-0.39, 0.29) is 0 Å². The molecule has 3 aromatic rings. The molecule has 1 aromatic heterocycles. The summed E-state index contributed by atoms with van der Waals surface area (Å²) in [6.07, 6.45) is 3.26. The number of methoxy groups -OCH3 is 1. The summed E-state index contributed by atoms with van der Waals surface area (Å²) >= 11 is 0. The molecule has 136 valence electrons. The van der Waals surface area contributed by atoms with Crippen molar-refractivity contribution >= 4 is 23.2 Å². The van der Waals surface area contributed by atoms with Gasteiger partial charge in [-0.15, -0.1) is 0 Å². The van der Waals surface area contributed by atoms with E-state index in [9.17, 15) is 9.59 Å². The first-order chi connectivity index (χ1) is 13.1. The molecule has 7 nitrogen and oxygen atoms in total. The van der Waals surface area contributed by atoms with E-state index in [1.807, 2.05) is 0 Å². The van der Waals surface area contributed by atoms with E-state index in [0.717, 1.165) is 0 Å². The van der Waals surface area contributed by atoms with Crippen LogP contribution < -0.4 is 20.1 Å². The van der Waals surface area contributed by atoms with Crippen LogP contribution in [0.2, 0.25) is 0 Å². The van der Waals surface area contributed by atoms with Crippen LogP contribution in [-0.2, 0) is 9.59 Å². The highest BCUT2D eigenvalue weighted by atomic mass is 16.5. The van der Waals surface area contributed by atoms with Crippen molar-refractivity contribution in [3.8, 4) is 17.2 Å². The van der Waals surface area contributed by atoms with Gasteiger partial charge in [-0.1, -0.05) is 0 Å². The predicted molar refractivity (Wildman–Crippen MR) is 101 cm³/mol. The smallest absolute Gasteiger partial charge is 0.314 e. The second-order valence-corrected chi connectivity index (χ2v) is 5.45. The number of ether oxygens (including phenoxy) is 2. The summed E-state index contributed by atoms with van der Waals surface area (Å²) in [6, 6.07) is 16.8. The molecule has 2 amide bonds. The highest BCUT2D eigenvalue weighted by Gasteiger charge is 2.14. The van der Waals surface area contributed by atoms with Crippen LogP contribution in [0.4, 0.5) is 11.4 Å². The number of hydrogen-bond donors (Lipinski definition) is 2. The second kappa shape index (κ2) is 8.48. The van der Waals surface area contributed by atoms with Crippen LogP contribution in [0.25, 0.3) is 0 Å².